The average molecular weight is 472 g/mol. The maximum atomic E-state index is 3.47. The van der Waals surface area contributed by atoms with Gasteiger partial charge >= 0.3 is 40.5 Å². The zero-order valence-electron chi connectivity index (χ0n) is 8.94. The molecule has 0 radical (unpaired) electrons. The summed E-state index contributed by atoms with van der Waals surface area (Å²) in [5.74, 6) is 0. The molecule has 0 N–H and O–H groups in total. The SMILES string of the molecule is CCCCCCc1csc(Br)c1.[Br][Zn][Br]. The van der Waals surface area contributed by atoms with Crippen LogP contribution in [0.5, 0.6) is 0 Å². The molecule has 15 heavy (non-hydrogen) atoms. The Hall–Kier alpha value is 1.76. The Morgan fingerprint density at radius 1 is 1.27 bits per heavy atom. The summed E-state index contributed by atoms with van der Waals surface area (Å²) < 4.78 is 1.26. The van der Waals surface area contributed by atoms with Crippen LogP contribution in [-0.4, -0.2) is 0 Å². The fraction of sp³-hybridized carbons (Fsp3) is 0.600. The van der Waals surface area contributed by atoms with Gasteiger partial charge < -0.3 is 0 Å². The fourth-order valence-corrected chi connectivity index (χ4v) is 2.48. The van der Waals surface area contributed by atoms with Crippen LogP contribution >= 0.6 is 54.5 Å². The quantitative estimate of drug-likeness (QED) is 0.348. The predicted octanol–water partition coefficient (Wildman–Crippen LogP) is 6.32. The molecule has 1 aromatic heterocycles. The Balaban J connectivity index is 0.000000583. The van der Waals surface area contributed by atoms with Gasteiger partial charge in [-0.1, -0.05) is 26.2 Å². The number of hydrogen-bond donors (Lipinski definition) is 0. The number of thiophene rings is 1. The normalized spacial score (nSPS) is 9.07. The molecule has 0 aromatic carbocycles. The first-order valence-corrected chi connectivity index (χ1v) is 20.7. The Kier molecular flexibility index (Phi) is 13.7. The third kappa shape index (κ3) is 10.6. The molecule has 84 valence electrons. The Labute approximate surface area is 126 Å². The molecule has 1 heterocycles. The van der Waals surface area contributed by atoms with Crippen molar-refractivity contribution in [1.82, 2.24) is 0 Å². The van der Waals surface area contributed by atoms with Gasteiger partial charge in [-0.2, -0.15) is 0 Å². The molecule has 0 saturated heterocycles. The summed E-state index contributed by atoms with van der Waals surface area (Å²) in [6.45, 7) is 2.25. The summed E-state index contributed by atoms with van der Waals surface area (Å²) in [5.41, 5.74) is 1.49. The molecule has 0 atom stereocenters. The van der Waals surface area contributed by atoms with Gasteiger partial charge in [-0.15, -0.1) is 11.3 Å². The molecule has 0 aliphatic rings. The van der Waals surface area contributed by atoms with Crippen LogP contribution < -0.4 is 0 Å². The average Bonchev–Trinajstić information content (AvgIpc) is 2.60. The molecule has 0 spiro atoms. The molecule has 0 nitrogen and oxygen atoms in total. The van der Waals surface area contributed by atoms with Crippen LogP contribution in [0.15, 0.2) is 15.2 Å². The standard InChI is InChI=1S/C10H15BrS.2BrH.Zn/c1-2-3-4-5-6-9-7-10(11)12-8-9;;;/h7-8H,2-6H2,1H3;2*1H;/q;;;+2/p-2. The molecular formula is C10H15Br3SZn. The second-order valence-corrected chi connectivity index (χ2v) is 19.5. The van der Waals surface area contributed by atoms with Crippen LogP contribution in [0.3, 0.4) is 0 Å². The van der Waals surface area contributed by atoms with Gasteiger partial charge in [0.2, 0.25) is 0 Å². The summed E-state index contributed by atoms with van der Waals surface area (Å²) in [5, 5.41) is 2.25. The molecule has 0 fully saturated rings. The molecule has 1 rings (SSSR count). The van der Waals surface area contributed by atoms with E-state index in [1.54, 1.807) is 11.3 Å². The van der Waals surface area contributed by atoms with Gasteiger partial charge in [-0.05, 0) is 45.8 Å². The summed E-state index contributed by atoms with van der Waals surface area (Å²) >= 11 is 11.5. The van der Waals surface area contributed by atoms with E-state index in [1.807, 2.05) is 0 Å². The molecule has 5 heteroatoms. The van der Waals surface area contributed by atoms with E-state index in [2.05, 4.69) is 61.5 Å². The third-order valence-electron chi connectivity index (χ3n) is 1.94. The van der Waals surface area contributed by atoms with E-state index in [4.69, 9.17) is 0 Å². The van der Waals surface area contributed by atoms with Crippen LogP contribution in [0.25, 0.3) is 0 Å². The van der Waals surface area contributed by atoms with Crippen LogP contribution in [0.4, 0.5) is 0 Å². The first kappa shape index (κ1) is 16.8. The first-order valence-electron chi connectivity index (χ1n) is 5.09. The monoisotopic (exact) mass is 468 g/mol. The summed E-state index contributed by atoms with van der Waals surface area (Å²) in [4.78, 5) is 0. The van der Waals surface area contributed by atoms with Crippen molar-refractivity contribution < 1.29 is 13.2 Å². The topological polar surface area (TPSA) is 0 Å². The van der Waals surface area contributed by atoms with Gasteiger partial charge in [0.05, 0.1) is 3.79 Å². The Morgan fingerprint density at radius 3 is 2.40 bits per heavy atom. The number of rotatable bonds is 5. The van der Waals surface area contributed by atoms with Crippen molar-refractivity contribution in [3.8, 4) is 0 Å². The van der Waals surface area contributed by atoms with Crippen molar-refractivity contribution >= 4 is 54.5 Å². The van der Waals surface area contributed by atoms with E-state index in [1.165, 1.54) is 41.5 Å². The van der Waals surface area contributed by atoms with Crippen LogP contribution in [0, 0.1) is 0 Å². The minimum atomic E-state index is -0.250. The van der Waals surface area contributed by atoms with Crippen LogP contribution in [0.2, 0.25) is 0 Å². The molecule has 0 unspecified atom stereocenters. The van der Waals surface area contributed by atoms with Gasteiger partial charge in [0, 0.05) is 0 Å². The van der Waals surface area contributed by atoms with Gasteiger partial charge in [0.1, 0.15) is 0 Å². The number of hydrogen-bond acceptors (Lipinski definition) is 1. The third-order valence-corrected chi connectivity index (χ3v) is 3.49. The molecule has 0 saturated carbocycles. The molecule has 0 aliphatic heterocycles. The first-order chi connectivity index (χ1) is 7.24. The van der Waals surface area contributed by atoms with Crippen molar-refractivity contribution in [3.63, 3.8) is 0 Å². The zero-order valence-corrected chi connectivity index (χ0v) is 17.5. The van der Waals surface area contributed by atoms with Crippen molar-refractivity contribution in [2.75, 3.05) is 0 Å². The number of halogens is 3. The van der Waals surface area contributed by atoms with E-state index >= 15 is 0 Å². The van der Waals surface area contributed by atoms with Crippen molar-refractivity contribution in [2.24, 2.45) is 0 Å². The van der Waals surface area contributed by atoms with Crippen LogP contribution in [0.1, 0.15) is 38.2 Å². The molecule has 0 aliphatic carbocycles. The van der Waals surface area contributed by atoms with Crippen molar-refractivity contribution in [2.45, 2.75) is 39.0 Å². The molecule has 1 aromatic rings. The van der Waals surface area contributed by atoms with Gasteiger partial charge in [0.15, 0.2) is 0 Å². The van der Waals surface area contributed by atoms with E-state index in [9.17, 15) is 0 Å². The predicted molar refractivity (Wildman–Crippen MR) is 77.7 cm³/mol. The van der Waals surface area contributed by atoms with E-state index in [-0.39, 0.29) is 13.2 Å². The van der Waals surface area contributed by atoms with Crippen molar-refractivity contribution in [1.29, 1.82) is 0 Å². The van der Waals surface area contributed by atoms with E-state index < -0.39 is 0 Å². The number of aryl methyl sites for hydroxylation is 1. The second kappa shape index (κ2) is 12.2. The Bertz CT molecular complexity index is 240. The molecule has 0 bridgehead atoms. The van der Waals surface area contributed by atoms with Gasteiger partial charge in [-0.25, -0.2) is 0 Å². The maximum absolute atomic E-state index is 3.47. The second-order valence-electron chi connectivity index (χ2n) is 3.17. The Morgan fingerprint density at radius 2 is 1.93 bits per heavy atom. The fourth-order valence-electron chi connectivity index (χ4n) is 1.23. The minimum absolute atomic E-state index is 0.250. The number of unbranched alkanes of at least 4 members (excludes halogenated alkanes) is 3. The summed E-state index contributed by atoms with van der Waals surface area (Å²) in [7, 11) is 0. The van der Waals surface area contributed by atoms with Gasteiger partial charge in [0.25, 0.3) is 0 Å². The summed E-state index contributed by atoms with van der Waals surface area (Å²) in [6, 6.07) is 2.23. The van der Waals surface area contributed by atoms with E-state index in [0.717, 1.165) is 0 Å². The zero-order chi connectivity index (χ0) is 11.5. The summed E-state index contributed by atoms with van der Waals surface area (Å²) in [6.07, 6.45) is 6.68. The van der Waals surface area contributed by atoms with Crippen molar-refractivity contribution in [3.05, 3.63) is 20.8 Å². The molecular weight excluding hydrogens is 457 g/mol. The van der Waals surface area contributed by atoms with Crippen LogP contribution in [-0.2, 0) is 19.6 Å². The van der Waals surface area contributed by atoms with E-state index in [0.29, 0.717) is 0 Å². The van der Waals surface area contributed by atoms with Gasteiger partial charge in [-0.3, -0.25) is 0 Å². The molecule has 0 amide bonds.